The molecule has 6 heteroatoms. The number of hydrogen-bond acceptors (Lipinski definition) is 2. The average molecular weight is 226 g/mol. The van der Waals surface area contributed by atoms with E-state index in [0.717, 1.165) is 12.1 Å². The molecular formula is C10H8F2N2O2. The van der Waals surface area contributed by atoms with Crippen LogP contribution < -0.4 is 4.43 Å². The monoisotopic (exact) mass is 226 g/mol. The molecule has 0 saturated carbocycles. The van der Waals surface area contributed by atoms with Crippen molar-refractivity contribution in [1.29, 1.82) is 0 Å². The van der Waals surface area contributed by atoms with Gasteiger partial charge in [0.15, 0.2) is 11.6 Å². The van der Waals surface area contributed by atoms with E-state index in [9.17, 15) is 18.9 Å². The maximum absolute atomic E-state index is 13.0. The number of aromatic nitrogens is 2. The zero-order chi connectivity index (χ0) is 12.0. The number of fused-ring (bicyclic) bond motifs is 1. The fourth-order valence-electron chi connectivity index (χ4n) is 1.51. The Morgan fingerprint density at radius 3 is 2.44 bits per heavy atom. The van der Waals surface area contributed by atoms with E-state index < -0.39 is 11.6 Å². The van der Waals surface area contributed by atoms with E-state index in [4.69, 9.17) is 0 Å². The molecular weight excluding hydrogens is 218 g/mol. The molecule has 84 valence electrons. The van der Waals surface area contributed by atoms with Crippen LogP contribution in [0.15, 0.2) is 12.1 Å². The number of hydrogen-bond donors (Lipinski definition) is 0. The van der Waals surface area contributed by atoms with Gasteiger partial charge >= 0.3 is 0 Å². The van der Waals surface area contributed by atoms with Crippen molar-refractivity contribution in [2.45, 2.75) is 13.8 Å². The van der Waals surface area contributed by atoms with E-state index in [0.29, 0.717) is 9.16 Å². The molecule has 0 aliphatic heterocycles. The van der Waals surface area contributed by atoms with Crippen molar-refractivity contribution in [3.63, 3.8) is 0 Å². The summed E-state index contributed by atoms with van der Waals surface area (Å²) >= 11 is 0. The molecule has 0 fully saturated rings. The Balaban J connectivity index is 3.09. The predicted octanol–water partition coefficient (Wildman–Crippen LogP) is 1.80. The van der Waals surface area contributed by atoms with Crippen molar-refractivity contribution < 1.29 is 13.2 Å². The molecule has 1 aromatic heterocycles. The molecule has 0 saturated heterocycles. The van der Waals surface area contributed by atoms with Crippen LogP contribution in [-0.2, 0) is 0 Å². The molecule has 0 aliphatic rings. The SMILES string of the molecule is Cc1c(C)[n+](=O)c2cc(F)c(F)cc2n1[O-]. The van der Waals surface area contributed by atoms with Crippen molar-refractivity contribution >= 4 is 11.0 Å². The first kappa shape index (κ1) is 10.5. The zero-order valence-electron chi connectivity index (χ0n) is 8.62. The summed E-state index contributed by atoms with van der Waals surface area (Å²) in [7, 11) is 0. The number of halogens is 2. The average Bonchev–Trinajstić information content (AvgIpc) is 2.26. The molecule has 0 unspecified atom stereocenters. The molecule has 16 heavy (non-hydrogen) atoms. The normalized spacial score (nSPS) is 11.0. The van der Waals surface area contributed by atoms with Crippen molar-refractivity contribution in [3.8, 4) is 0 Å². The van der Waals surface area contributed by atoms with E-state index in [1.807, 2.05) is 0 Å². The van der Waals surface area contributed by atoms with Crippen molar-refractivity contribution in [2.24, 2.45) is 0 Å². The number of benzene rings is 1. The summed E-state index contributed by atoms with van der Waals surface area (Å²) in [5.74, 6) is -2.30. The molecule has 0 radical (unpaired) electrons. The Labute approximate surface area is 88.9 Å². The third-order valence-electron chi connectivity index (χ3n) is 2.59. The highest BCUT2D eigenvalue weighted by Gasteiger charge is 2.18. The maximum Gasteiger partial charge on any atom is 0.289 e. The summed E-state index contributed by atoms with van der Waals surface area (Å²) < 4.78 is 26.7. The predicted molar refractivity (Wildman–Crippen MR) is 53.5 cm³/mol. The van der Waals surface area contributed by atoms with Gasteiger partial charge in [-0.15, -0.1) is 0 Å². The lowest BCUT2D eigenvalue weighted by atomic mass is 10.2. The van der Waals surface area contributed by atoms with Crippen LogP contribution in [0.4, 0.5) is 8.78 Å². The Bertz CT molecular complexity index is 650. The lowest BCUT2D eigenvalue weighted by Crippen LogP contribution is -2.24. The van der Waals surface area contributed by atoms with Crippen LogP contribution >= 0.6 is 0 Å². The molecule has 0 bridgehead atoms. The van der Waals surface area contributed by atoms with Crippen molar-refractivity contribution in [2.75, 3.05) is 0 Å². The van der Waals surface area contributed by atoms with Crippen LogP contribution in [-0.4, -0.2) is 4.73 Å². The van der Waals surface area contributed by atoms with E-state index in [1.165, 1.54) is 13.8 Å². The minimum atomic E-state index is -1.15. The first-order valence-electron chi connectivity index (χ1n) is 4.54. The Kier molecular flexibility index (Phi) is 2.15. The van der Waals surface area contributed by atoms with Gasteiger partial charge in [0, 0.05) is 17.9 Å². The van der Waals surface area contributed by atoms with E-state index in [-0.39, 0.29) is 22.4 Å². The molecule has 4 nitrogen and oxygen atoms in total. The Morgan fingerprint density at radius 2 is 1.81 bits per heavy atom. The fourth-order valence-corrected chi connectivity index (χ4v) is 1.51. The topological polar surface area (TPSA) is 51.0 Å². The first-order valence-corrected chi connectivity index (χ1v) is 4.54. The summed E-state index contributed by atoms with van der Waals surface area (Å²) in [6.45, 7) is 2.88. The summed E-state index contributed by atoms with van der Waals surface area (Å²) in [4.78, 5) is 11.6. The van der Waals surface area contributed by atoms with E-state index >= 15 is 0 Å². The molecule has 0 atom stereocenters. The number of rotatable bonds is 0. The lowest BCUT2D eigenvalue weighted by Gasteiger charge is -2.15. The molecule has 0 amide bonds. The summed E-state index contributed by atoms with van der Waals surface area (Å²) in [5.41, 5.74) is -0.0454. The standard InChI is InChI=1S/C10H8F2N2O2/c1-5-6(2)14(16)10-4-8(12)7(11)3-9(10)13(5)15/h3-4H,1-2H3. The fraction of sp³-hybridized carbons (Fsp3) is 0.200. The van der Waals surface area contributed by atoms with E-state index in [2.05, 4.69) is 0 Å². The highest BCUT2D eigenvalue weighted by atomic mass is 19.2. The quantitative estimate of drug-likeness (QED) is 0.643. The van der Waals surface area contributed by atoms with E-state index in [1.54, 1.807) is 0 Å². The third kappa shape index (κ3) is 1.26. The maximum atomic E-state index is 13.0. The second-order valence-electron chi connectivity index (χ2n) is 3.51. The number of nitrogens with zero attached hydrogens (tertiary/aromatic N) is 2. The lowest BCUT2D eigenvalue weighted by molar-refractivity contribution is -0.473. The van der Waals surface area contributed by atoms with Crippen LogP contribution in [0.2, 0.25) is 0 Å². The van der Waals surface area contributed by atoms with Gasteiger partial charge in [-0.25, -0.2) is 8.78 Å². The van der Waals surface area contributed by atoms with Crippen LogP contribution in [0.25, 0.3) is 11.0 Å². The molecule has 0 spiro atoms. The first-order chi connectivity index (χ1) is 7.43. The molecule has 0 N–H and O–H groups in total. The minimum Gasteiger partial charge on any atom is -0.805 e. The van der Waals surface area contributed by atoms with Gasteiger partial charge in [-0.1, -0.05) is 0 Å². The highest BCUT2D eigenvalue weighted by Crippen LogP contribution is 2.17. The highest BCUT2D eigenvalue weighted by molar-refractivity contribution is 5.72. The summed E-state index contributed by atoms with van der Waals surface area (Å²) in [6.07, 6.45) is 0. The van der Waals surface area contributed by atoms with Crippen molar-refractivity contribution in [1.82, 2.24) is 4.73 Å². The van der Waals surface area contributed by atoms with Gasteiger partial charge in [0.25, 0.3) is 11.2 Å². The zero-order valence-corrected chi connectivity index (χ0v) is 8.62. The van der Waals surface area contributed by atoms with Gasteiger partial charge in [-0.3, -0.25) is 0 Å². The van der Waals surface area contributed by atoms with Gasteiger partial charge in [-0.05, 0) is 6.92 Å². The summed E-state index contributed by atoms with van der Waals surface area (Å²) in [6, 6.07) is 1.44. The van der Waals surface area contributed by atoms with Gasteiger partial charge in [0.1, 0.15) is 5.52 Å². The minimum absolute atomic E-state index is 0.161. The molecule has 2 rings (SSSR count). The van der Waals surface area contributed by atoms with Gasteiger partial charge in [-0.2, -0.15) is 0 Å². The largest absolute Gasteiger partial charge is 0.805 e. The Morgan fingerprint density at radius 1 is 1.25 bits per heavy atom. The second kappa shape index (κ2) is 3.26. The smallest absolute Gasteiger partial charge is 0.289 e. The third-order valence-corrected chi connectivity index (χ3v) is 2.59. The molecule has 2 aromatic rings. The van der Waals surface area contributed by atoms with Crippen LogP contribution in [0.3, 0.4) is 0 Å². The molecule has 0 aliphatic carbocycles. The molecule has 1 heterocycles. The second-order valence-corrected chi connectivity index (χ2v) is 3.51. The van der Waals surface area contributed by atoms with Gasteiger partial charge < -0.3 is 9.94 Å². The summed E-state index contributed by atoms with van der Waals surface area (Å²) in [5, 5.41) is 11.6. The van der Waals surface area contributed by atoms with Crippen LogP contribution in [0.5, 0.6) is 0 Å². The Hall–Kier alpha value is -1.98. The molecule has 1 aromatic carbocycles. The van der Waals surface area contributed by atoms with Crippen LogP contribution in [0, 0.1) is 35.6 Å². The van der Waals surface area contributed by atoms with Crippen LogP contribution in [0.1, 0.15) is 11.4 Å². The van der Waals surface area contributed by atoms with Gasteiger partial charge in [0.05, 0.1) is 16.2 Å². The van der Waals surface area contributed by atoms with Crippen molar-refractivity contribution in [3.05, 3.63) is 45.3 Å². The van der Waals surface area contributed by atoms with Gasteiger partial charge in [0.2, 0.25) is 0 Å².